The molecule has 4 nitrogen and oxygen atoms in total. The first-order valence-corrected chi connectivity index (χ1v) is 8.14. The summed E-state index contributed by atoms with van der Waals surface area (Å²) in [5, 5.41) is 4.14. The third-order valence-electron chi connectivity index (χ3n) is 3.20. The molecule has 120 valence electrons. The number of likely N-dealkylation sites (N-methyl/N-ethyl adjacent to an activating group) is 1. The van der Waals surface area contributed by atoms with Crippen LogP contribution in [0.1, 0.15) is 33.3 Å². The van der Waals surface area contributed by atoms with Gasteiger partial charge in [-0.05, 0) is 37.9 Å². The molecule has 1 aromatic rings. The Morgan fingerprint density at radius 1 is 1.38 bits per heavy atom. The van der Waals surface area contributed by atoms with Crippen LogP contribution in [0.15, 0.2) is 12.3 Å². The van der Waals surface area contributed by atoms with E-state index in [0.29, 0.717) is 5.92 Å². The van der Waals surface area contributed by atoms with E-state index in [1.165, 1.54) is 0 Å². The van der Waals surface area contributed by atoms with Gasteiger partial charge >= 0.3 is 0 Å². The molecule has 0 bridgehead atoms. The summed E-state index contributed by atoms with van der Waals surface area (Å²) < 4.78 is 5.42. The highest BCUT2D eigenvalue weighted by molar-refractivity contribution is 6.31. The van der Waals surface area contributed by atoms with Crippen LogP contribution in [0, 0.1) is 5.92 Å². The molecule has 0 fully saturated rings. The van der Waals surface area contributed by atoms with E-state index < -0.39 is 0 Å². The van der Waals surface area contributed by atoms with Crippen LogP contribution in [-0.2, 0) is 11.3 Å². The average Bonchev–Trinajstić information content (AvgIpc) is 2.46. The third-order valence-corrected chi connectivity index (χ3v) is 3.54. The molecule has 0 radical (unpaired) electrons. The van der Waals surface area contributed by atoms with Crippen LogP contribution in [0.3, 0.4) is 0 Å². The zero-order valence-electron chi connectivity index (χ0n) is 13.7. The van der Waals surface area contributed by atoms with Crippen LogP contribution in [0.5, 0.6) is 0 Å². The van der Waals surface area contributed by atoms with Gasteiger partial charge in [-0.1, -0.05) is 25.4 Å². The molecule has 0 saturated carbocycles. The zero-order valence-corrected chi connectivity index (χ0v) is 14.4. The van der Waals surface area contributed by atoms with E-state index in [4.69, 9.17) is 16.3 Å². The van der Waals surface area contributed by atoms with Gasteiger partial charge in [0.25, 0.3) is 0 Å². The summed E-state index contributed by atoms with van der Waals surface area (Å²) >= 11 is 6.24. The van der Waals surface area contributed by atoms with Crippen molar-refractivity contribution in [3.63, 3.8) is 0 Å². The van der Waals surface area contributed by atoms with Crippen LogP contribution >= 0.6 is 11.6 Å². The number of hydrogen-bond acceptors (Lipinski definition) is 4. The highest BCUT2D eigenvalue weighted by atomic mass is 35.5. The molecule has 0 spiro atoms. The van der Waals surface area contributed by atoms with Gasteiger partial charge in [0.2, 0.25) is 0 Å². The molecule has 0 unspecified atom stereocenters. The first kappa shape index (κ1) is 18.2. The summed E-state index contributed by atoms with van der Waals surface area (Å²) in [5.74, 6) is 1.59. The second kappa shape index (κ2) is 9.98. The molecule has 0 aliphatic rings. The van der Waals surface area contributed by atoms with Gasteiger partial charge in [0.05, 0.1) is 11.6 Å². The highest BCUT2D eigenvalue weighted by Gasteiger charge is 2.09. The van der Waals surface area contributed by atoms with Crippen LogP contribution < -0.4 is 10.2 Å². The second-order valence-corrected chi connectivity index (χ2v) is 5.84. The van der Waals surface area contributed by atoms with E-state index in [0.717, 1.165) is 55.8 Å². The number of ether oxygens (including phenoxy) is 1. The number of hydrogen-bond donors (Lipinski definition) is 1. The number of rotatable bonds is 10. The molecule has 0 saturated heterocycles. The minimum Gasteiger partial charge on any atom is -0.380 e. The van der Waals surface area contributed by atoms with Gasteiger partial charge in [0.15, 0.2) is 0 Å². The first-order valence-electron chi connectivity index (χ1n) is 7.76. The number of nitrogens with zero attached hydrogens (tertiary/aromatic N) is 2. The molecule has 0 aliphatic carbocycles. The summed E-state index contributed by atoms with van der Waals surface area (Å²) in [6, 6.07) is 2.07. The molecule has 0 amide bonds. The molecular formula is C16H28ClN3O. The lowest BCUT2D eigenvalue weighted by molar-refractivity contribution is 0.154. The quantitative estimate of drug-likeness (QED) is 0.672. The normalized spacial score (nSPS) is 11.1. The summed E-state index contributed by atoms with van der Waals surface area (Å²) in [6.07, 6.45) is 1.74. The summed E-state index contributed by atoms with van der Waals surface area (Å²) in [6.45, 7) is 13.5. The molecule has 0 aromatic carbocycles. The van der Waals surface area contributed by atoms with Gasteiger partial charge in [-0.2, -0.15) is 0 Å². The Balaban J connectivity index is 2.69. The van der Waals surface area contributed by atoms with E-state index in [-0.39, 0.29) is 0 Å². The zero-order chi connectivity index (χ0) is 15.7. The summed E-state index contributed by atoms with van der Waals surface area (Å²) in [7, 11) is 0. The van der Waals surface area contributed by atoms with Crippen LogP contribution in [0.4, 0.5) is 5.82 Å². The van der Waals surface area contributed by atoms with Crippen molar-refractivity contribution in [2.24, 2.45) is 5.92 Å². The standard InChI is InChI=1S/C16H28ClN3O/c1-5-20(7-8-21-6-2)16-9-14(15(17)12-19-16)11-18-10-13(3)4/h9,12-13,18H,5-8,10-11H2,1-4H3. The van der Waals surface area contributed by atoms with Crippen molar-refractivity contribution < 1.29 is 4.74 Å². The predicted octanol–water partition coefficient (Wildman–Crippen LogP) is 3.34. The van der Waals surface area contributed by atoms with Gasteiger partial charge < -0.3 is 15.0 Å². The lowest BCUT2D eigenvalue weighted by Gasteiger charge is -2.22. The molecule has 1 aromatic heterocycles. The van der Waals surface area contributed by atoms with Crippen molar-refractivity contribution in [1.82, 2.24) is 10.3 Å². The lowest BCUT2D eigenvalue weighted by atomic mass is 10.2. The maximum atomic E-state index is 6.24. The average molecular weight is 314 g/mol. The fraction of sp³-hybridized carbons (Fsp3) is 0.688. The highest BCUT2D eigenvalue weighted by Crippen LogP contribution is 2.20. The SMILES string of the molecule is CCOCCN(CC)c1cc(CNCC(C)C)c(Cl)cn1. The van der Waals surface area contributed by atoms with Crippen molar-refractivity contribution >= 4 is 17.4 Å². The molecule has 0 atom stereocenters. The largest absolute Gasteiger partial charge is 0.380 e. The first-order chi connectivity index (χ1) is 10.1. The molecule has 1 N–H and O–H groups in total. The van der Waals surface area contributed by atoms with E-state index in [2.05, 4.69) is 42.0 Å². The van der Waals surface area contributed by atoms with E-state index >= 15 is 0 Å². The van der Waals surface area contributed by atoms with Gasteiger partial charge in [0.1, 0.15) is 5.82 Å². The molecule has 1 rings (SSSR count). The van der Waals surface area contributed by atoms with Gasteiger partial charge in [-0.25, -0.2) is 4.98 Å². The monoisotopic (exact) mass is 313 g/mol. The van der Waals surface area contributed by atoms with Crippen LogP contribution in [0.25, 0.3) is 0 Å². The predicted molar refractivity (Wildman–Crippen MR) is 90.2 cm³/mol. The number of anilines is 1. The van der Waals surface area contributed by atoms with Gasteiger partial charge in [-0.3, -0.25) is 0 Å². The fourth-order valence-corrected chi connectivity index (χ4v) is 2.20. The van der Waals surface area contributed by atoms with Crippen molar-refractivity contribution in [3.05, 3.63) is 22.8 Å². The Bertz CT molecular complexity index is 413. The molecule has 5 heteroatoms. The Morgan fingerprint density at radius 2 is 2.14 bits per heavy atom. The van der Waals surface area contributed by atoms with E-state index in [1.807, 2.05) is 6.92 Å². The number of pyridine rings is 1. The van der Waals surface area contributed by atoms with E-state index in [1.54, 1.807) is 6.20 Å². The summed E-state index contributed by atoms with van der Waals surface area (Å²) in [4.78, 5) is 6.65. The smallest absolute Gasteiger partial charge is 0.128 e. The third kappa shape index (κ3) is 6.64. The maximum Gasteiger partial charge on any atom is 0.128 e. The summed E-state index contributed by atoms with van der Waals surface area (Å²) in [5.41, 5.74) is 1.09. The Kier molecular flexibility index (Phi) is 8.66. The van der Waals surface area contributed by atoms with E-state index in [9.17, 15) is 0 Å². The Labute approximate surface area is 133 Å². The van der Waals surface area contributed by atoms with Crippen molar-refractivity contribution in [2.45, 2.75) is 34.2 Å². The van der Waals surface area contributed by atoms with Gasteiger partial charge in [0, 0.05) is 32.4 Å². The number of nitrogens with one attached hydrogen (secondary N) is 1. The van der Waals surface area contributed by atoms with Crippen LogP contribution in [-0.4, -0.2) is 37.8 Å². The maximum absolute atomic E-state index is 6.24. The van der Waals surface area contributed by atoms with Crippen molar-refractivity contribution in [2.75, 3.05) is 37.7 Å². The molecule has 21 heavy (non-hydrogen) atoms. The fourth-order valence-electron chi connectivity index (χ4n) is 2.03. The number of halogens is 1. The Morgan fingerprint density at radius 3 is 2.76 bits per heavy atom. The molecule has 1 heterocycles. The number of aromatic nitrogens is 1. The molecular weight excluding hydrogens is 286 g/mol. The van der Waals surface area contributed by atoms with Crippen LogP contribution in [0.2, 0.25) is 5.02 Å². The topological polar surface area (TPSA) is 37.4 Å². The second-order valence-electron chi connectivity index (χ2n) is 5.44. The minimum atomic E-state index is 0.628. The Hall–Kier alpha value is -0.840. The van der Waals surface area contributed by atoms with Crippen molar-refractivity contribution in [3.8, 4) is 0 Å². The van der Waals surface area contributed by atoms with Crippen molar-refractivity contribution in [1.29, 1.82) is 0 Å². The minimum absolute atomic E-state index is 0.628. The molecule has 0 aliphatic heterocycles. The van der Waals surface area contributed by atoms with Gasteiger partial charge in [-0.15, -0.1) is 0 Å². The lowest BCUT2D eigenvalue weighted by Crippen LogP contribution is -2.28.